The second kappa shape index (κ2) is 15.8. The zero-order chi connectivity index (χ0) is 15.1. The van der Waals surface area contributed by atoms with Crippen LogP contribution in [-0.4, -0.2) is 18.4 Å². The Bertz CT molecular complexity index is 185. The monoisotopic (exact) mass is 302 g/mol. The summed E-state index contributed by atoms with van der Waals surface area (Å²) < 4.78 is 5.13. The van der Waals surface area contributed by atoms with E-state index in [1.54, 1.807) is 0 Å². The van der Waals surface area contributed by atoms with E-state index in [-0.39, 0.29) is 0 Å². The van der Waals surface area contributed by atoms with Gasteiger partial charge in [0.1, 0.15) is 0 Å². The zero-order valence-electron chi connectivity index (χ0n) is 13.5. The van der Waals surface area contributed by atoms with Crippen LogP contribution >= 0.6 is 8.30 Å². The van der Waals surface area contributed by atoms with Crippen LogP contribution in [-0.2, 0) is 4.44 Å². The third kappa shape index (κ3) is 12.1. The Morgan fingerprint density at radius 3 is 1.75 bits per heavy atom. The maximum Gasteiger partial charge on any atom is 0.489 e. The van der Waals surface area contributed by atoms with Gasteiger partial charge in [-0.3, -0.25) is 5.50 Å². The molecule has 0 amide bonds. The molecule has 3 nitrogen and oxygen atoms in total. The number of rotatable bonds is 15. The number of hydrogen-bond acceptors (Lipinski definition) is 3. The molecular weight excluding hydrogens is 268 g/mol. The maximum absolute atomic E-state index is 8.76. The van der Waals surface area contributed by atoms with Crippen molar-refractivity contribution in [2.45, 2.75) is 96.6 Å². The Morgan fingerprint density at radius 1 is 0.900 bits per heavy atom. The van der Waals surface area contributed by atoms with Crippen LogP contribution in [0.3, 0.4) is 0 Å². The largest absolute Gasteiger partial charge is 0.489 e. The zero-order valence-corrected chi connectivity index (χ0v) is 14.4. The van der Waals surface area contributed by atoms with Crippen molar-refractivity contribution in [3.8, 4) is 0 Å². The summed E-state index contributed by atoms with van der Waals surface area (Å²) in [5.74, 6) is 0. The van der Waals surface area contributed by atoms with Crippen molar-refractivity contribution in [3.63, 3.8) is 0 Å². The summed E-state index contributed by atoms with van der Waals surface area (Å²) in [6.07, 6.45) is 15.3. The summed E-state index contributed by atoms with van der Waals surface area (Å²) in [7, 11) is -0.228. The molecule has 3 N–H and O–H groups in total. The fraction of sp³-hybridized carbons (Fsp3) is 1.00. The molecule has 0 bridgehead atoms. The smallest absolute Gasteiger partial charge is 0.429 e. The molecule has 119 valence electrons. The summed E-state index contributed by atoms with van der Waals surface area (Å²) in [5.41, 5.74) is 6.50. The molecule has 0 aliphatic carbocycles. The van der Waals surface area contributed by atoms with Crippen LogP contribution in [0.2, 0.25) is 0 Å². The van der Waals surface area contributed by atoms with E-state index in [4.69, 9.17) is 15.0 Å². The van der Waals surface area contributed by atoms with Gasteiger partial charge in [-0.25, -0.2) is 0 Å². The van der Waals surface area contributed by atoms with Gasteiger partial charge in [-0.05, 0) is 12.8 Å². The molecule has 0 heterocycles. The molecule has 0 aromatic heterocycles. The first-order valence-corrected chi connectivity index (χ1v) is 9.82. The number of hydrogen-bond donors (Lipinski definition) is 2. The Morgan fingerprint density at radius 2 is 1.35 bits per heavy atom. The fourth-order valence-electron chi connectivity index (χ4n) is 2.51. The third-order valence-corrected chi connectivity index (χ3v) is 5.38. The summed E-state index contributed by atoms with van der Waals surface area (Å²) >= 11 is 0. The quantitative estimate of drug-likeness (QED) is 0.257. The van der Waals surface area contributed by atoms with E-state index >= 15 is 0 Å². The van der Waals surface area contributed by atoms with Gasteiger partial charge >= 0.3 is 7.69 Å². The fourth-order valence-corrected chi connectivity index (χ4v) is 3.66. The van der Waals surface area contributed by atoms with Crippen molar-refractivity contribution in [2.24, 2.45) is 5.50 Å². The van der Waals surface area contributed by atoms with Crippen LogP contribution in [0.1, 0.15) is 90.9 Å². The average Bonchev–Trinajstić information content (AvgIpc) is 2.44. The minimum atomic E-state index is -0.999. The molecular formula is C15H34BNO2P. The minimum Gasteiger partial charge on any atom is -0.429 e. The SMILES string of the molecule is CCCCCCCC(CCCCCCC)P(N)O[B]O. The molecule has 0 aliphatic rings. The molecule has 1 atom stereocenters. The predicted molar refractivity (Wildman–Crippen MR) is 90.7 cm³/mol. The average molecular weight is 302 g/mol. The minimum absolute atomic E-state index is 0.441. The highest BCUT2D eigenvalue weighted by Gasteiger charge is 2.18. The summed E-state index contributed by atoms with van der Waals surface area (Å²) in [6, 6.07) is 0. The summed E-state index contributed by atoms with van der Waals surface area (Å²) in [5, 5.41) is 8.76. The molecule has 0 spiro atoms. The van der Waals surface area contributed by atoms with Gasteiger partial charge in [0.05, 0.1) is 8.30 Å². The molecule has 20 heavy (non-hydrogen) atoms. The molecule has 0 aliphatic heterocycles. The van der Waals surface area contributed by atoms with Crippen molar-refractivity contribution in [2.75, 3.05) is 0 Å². The van der Waals surface area contributed by atoms with E-state index in [1.165, 1.54) is 64.2 Å². The molecule has 0 saturated heterocycles. The highest BCUT2D eigenvalue weighted by atomic mass is 31.2. The second-order valence-electron chi connectivity index (χ2n) is 5.63. The molecule has 5 heteroatoms. The standard InChI is InChI=1S/C15H34BNO2P/c1-3-5-7-9-11-13-15(20(17)19-16-18)14-12-10-8-6-4-2/h15,18H,3-14,17H2,1-2H3. The van der Waals surface area contributed by atoms with Gasteiger partial charge < -0.3 is 9.47 Å². The van der Waals surface area contributed by atoms with Crippen molar-refractivity contribution >= 4 is 16.0 Å². The predicted octanol–water partition coefficient (Wildman–Crippen LogP) is 4.89. The van der Waals surface area contributed by atoms with Crippen LogP contribution < -0.4 is 5.50 Å². The second-order valence-corrected chi connectivity index (χ2v) is 7.29. The van der Waals surface area contributed by atoms with E-state index in [1.807, 2.05) is 0 Å². The first kappa shape index (κ1) is 20.4. The van der Waals surface area contributed by atoms with Gasteiger partial charge in [0.2, 0.25) is 0 Å². The van der Waals surface area contributed by atoms with Crippen LogP contribution in [0, 0.1) is 0 Å². The lowest BCUT2D eigenvalue weighted by molar-refractivity contribution is 0.463. The van der Waals surface area contributed by atoms with Gasteiger partial charge in [-0.15, -0.1) is 0 Å². The third-order valence-electron chi connectivity index (χ3n) is 3.81. The number of unbranched alkanes of at least 4 members (excludes halogenated alkanes) is 8. The van der Waals surface area contributed by atoms with E-state index < -0.39 is 8.30 Å². The summed E-state index contributed by atoms with van der Waals surface area (Å²) in [6.45, 7) is 4.48. The van der Waals surface area contributed by atoms with Crippen molar-refractivity contribution in [1.82, 2.24) is 0 Å². The lowest BCUT2D eigenvalue weighted by atomic mass is 10.0. The van der Waals surface area contributed by atoms with E-state index in [9.17, 15) is 0 Å². The Kier molecular flexibility index (Phi) is 16.1. The first-order chi connectivity index (χ1) is 9.76. The molecule has 0 rings (SSSR count). The molecule has 0 fully saturated rings. The lowest BCUT2D eigenvalue weighted by Gasteiger charge is -2.22. The lowest BCUT2D eigenvalue weighted by Crippen LogP contribution is -2.14. The topological polar surface area (TPSA) is 55.5 Å². The van der Waals surface area contributed by atoms with Gasteiger partial charge in [0.25, 0.3) is 0 Å². The molecule has 1 radical (unpaired) electrons. The van der Waals surface area contributed by atoms with Gasteiger partial charge in [-0.1, -0.05) is 78.1 Å². The van der Waals surface area contributed by atoms with Crippen molar-refractivity contribution < 1.29 is 9.47 Å². The van der Waals surface area contributed by atoms with Crippen LogP contribution in [0.25, 0.3) is 0 Å². The van der Waals surface area contributed by atoms with Crippen molar-refractivity contribution in [3.05, 3.63) is 0 Å². The Labute approximate surface area is 128 Å². The van der Waals surface area contributed by atoms with Gasteiger partial charge in [0.15, 0.2) is 0 Å². The van der Waals surface area contributed by atoms with E-state index in [0.29, 0.717) is 5.66 Å². The number of nitrogens with two attached hydrogens (primary N) is 1. The van der Waals surface area contributed by atoms with E-state index in [0.717, 1.165) is 20.5 Å². The highest BCUT2D eigenvalue weighted by molar-refractivity contribution is 7.51. The van der Waals surface area contributed by atoms with Crippen molar-refractivity contribution in [1.29, 1.82) is 0 Å². The molecule has 0 saturated carbocycles. The van der Waals surface area contributed by atoms with Crippen LogP contribution in [0.4, 0.5) is 0 Å². The highest BCUT2D eigenvalue weighted by Crippen LogP contribution is 2.39. The molecule has 1 unspecified atom stereocenters. The van der Waals surface area contributed by atoms with E-state index in [2.05, 4.69) is 13.8 Å². The Hall–Kier alpha value is 0.375. The van der Waals surface area contributed by atoms with Crippen LogP contribution in [0.15, 0.2) is 0 Å². The normalized spacial score (nSPS) is 12.8. The van der Waals surface area contributed by atoms with Gasteiger partial charge in [-0.2, -0.15) is 0 Å². The Balaban J connectivity index is 3.82. The summed E-state index contributed by atoms with van der Waals surface area (Å²) in [4.78, 5) is 0. The molecule has 0 aromatic carbocycles. The van der Waals surface area contributed by atoms with Gasteiger partial charge in [0, 0.05) is 5.66 Å². The maximum atomic E-state index is 8.76. The molecule has 0 aromatic rings. The first-order valence-electron chi connectivity index (χ1n) is 8.42. The van der Waals surface area contributed by atoms with Crippen LogP contribution in [0.5, 0.6) is 0 Å².